The highest BCUT2D eigenvalue weighted by atomic mass is 35.5. The molecular weight excluding hydrogens is 314 g/mol. The van der Waals surface area contributed by atoms with E-state index in [-0.39, 0.29) is 12.1 Å². The first-order valence-corrected chi connectivity index (χ1v) is 7.37. The van der Waals surface area contributed by atoms with Gasteiger partial charge in [0.25, 0.3) is 11.5 Å². The van der Waals surface area contributed by atoms with Crippen LogP contribution in [0.4, 0.5) is 5.69 Å². The van der Waals surface area contributed by atoms with Crippen LogP contribution in [-0.4, -0.2) is 10.9 Å². The van der Waals surface area contributed by atoms with Crippen molar-refractivity contribution in [3.63, 3.8) is 0 Å². The number of amides is 1. The average Bonchev–Trinajstić information content (AvgIpc) is 2.54. The van der Waals surface area contributed by atoms with E-state index >= 15 is 0 Å². The van der Waals surface area contributed by atoms with Gasteiger partial charge < -0.3 is 16.0 Å². The zero-order chi connectivity index (χ0) is 16.4. The molecule has 3 rings (SSSR count). The summed E-state index contributed by atoms with van der Waals surface area (Å²) >= 11 is 6.07. The largest absolute Gasteiger partial charge is 0.380 e. The van der Waals surface area contributed by atoms with Gasteiger partial charge in [-0.3, -0.25) is 9.59 Å². The predicted molar refractivity (Wildman–Crippen MR) is 91.9 cm³/mol. The number of para-hydroxylation sites is 2. The van der Waals surface area contributed by atoms with E-state index in [4.69, 9.17) is 17.3 Å². The standard InChI is InChI=1S/C17H14ClN3O2/c18-13-6-3-4-10-8-11(17(23)21-15(10)13)9-20-14-7-2-1-5-12(14)16(19)22/h1-8,20H,9H2,(H2,19,22)(H,21,23). The van der Waals surface area contributed by atoms with Gasteiger partial charge in [-0.15, -0.1) is 0 Å². The minimum Gasteiger partial charge on any atom is -0.380 e. The number of H-pyrrole nitrogens is 1. The van der Waals surface area contributed by atoms with Crippen molar-refractivity contribution in [2.75, 3.05) is 5.32 Å². The maximum Gasteiger partial charge on any atom is 0.253 e. The lowest BCUT2D eigenvalue weighted by Gasteiger charge is -2.10. The maximum atomic E-state index is 12.2. The monoisotopic (exact) mass is 327 g/mol. The molecule has 0 radical (unpaired) electrons. The zero-order valence-corrected chi connectivity index (χ0v) is 12.9. The molecule has 0 spiro atoms. The van der Waals surface area contributed by atoms with Gasteiger partial charge in [-0.05, 0) is 24.3 Å². The number of anilines is 1. The van der Waals surface area contributed by atoms with E-state index in [0.717, 1.165) is 5.39 Å². The number of nitrogens with two attached hydrogens (primary N) is 1. The van der Waals surface area contributed by atoms with Crippen molar-refractivity contribution in [3.8, 4) is 0 Å². The van der Waals surface area contributed by atoms with Crippen LogP contribution >= 0.6 is 11.6 Å². The van der Waals surface area contributed by atoms with E-state index in [1.165, 1.54) is 0 Å². The molecule has 0 atom stereocenters. The topological polar surface area (TPSA) is 88.0 Å². The summed E-state index contributed by atoms with van der Waals surface area (Å²) in [7, 11) is 0. The highest BCUT2D eigenvalue weighted by molar-refractivity contribution is 6.35. The highest BCUT2D eigenvalue weighted by Crippen LogP contribution is 2.21. The molecular formula is C17H14ClN3O2. The lowest BCUT2D eigenvalue weighted by Crippen LogP contribution is -2.18. The number of carbonyl (C=O) groups excluding carboxylic acids is 1. The molecule has 0 aliphatic rings. The molecule has 0 aliphatic carbocycles. The molecule has 0 saturated heterocycles. The normalized spacial score (nSPS) is 10.7. The number of hydrogen-bond donors (Lipinski definition) is 3. The number of aromatic amines is 1. The van der Waals surface area contributed by atoms with Crippen LogP contribution in [0.2, 0.25) is 5.02 Å². The van der Waals surface area contributed by atoms with Crippen LogP contribution in [0.1, 0.15) is 15.9 Å². The van der Waals surface area contributed by atoms with Crippen molar-refractivity contribution >= 4 is 34.1 Å². The van der Waals surface area contributed by atoms with Crippen LogP contribution in [0, 0.1) is 0 Å². The minimum absolute atomic E-state index is 0.227. The van der Waals surface area contributed by atoms with Crippen molar-refractivity contribution in [1.82, 2.24) is 4.98 Å². The second-order valence-corrected chi connectivity index (χ2v) is 5.50. The molecule has 0 fully saturated rings. The molecule has 0 unspecified atom stereocenters. The Labute approximate surface area is 137 Å². The van der Waals surface area contributed by atoms with Gasteiger partial charge in [-0.1, -0.05) is 35.9 Å². The van der Waals surface area contributed by atoms with E-state index in [1.54, 1.807) is 36.4 Å². The van der Waals surface area contributed by atoms with Crippen molar-refractivity contribution in [1.29, 1.82) is 0 Å². The van der Waals surface area contributed by atoms with Crippen LogP contribution in [-0.2, 0) is 6.54 Å². The Balaban J connectivity index is 1.93. The van der Waals surface area contributed by atoms with E-state index < -0.39 is 5.91 Å². The van der Waals surface area contributed by atoms with Gasteiger partial charge in [0, 0.05) is 23.2 Å². The molecule has 1 aromatic heterocycles. The van der Waals surface area contributed by atoms with Crippen molar-refractivity contribution in [2.45, 2.75) is 6.54 Å². The minimum atomic E-state index is -0.521. The van der Waals surface area contributed by atoms with Crippen molar-refractivity contribution in [3.05, 3.63) is 75.0 Å². The SMILES string of the molecule is NC(=O)c1ccccc1NCc1cc2cccc(Cl)c2[nH]c1=O. The number of nitrogens with one attached hydrogen (secondary N) is 2. The fourth-order valence-electron chi connectivity index (χ4n) is 2.41. The summed E-state index contributed by atoms with van der Waals surface area (Å²) in [5.74, 6) is -0.521. The number of hydrogen-bond acceptors (Lipinski definition) is 3. The van der Waals surface area contributed by atoms with Crippen LogP contribution in [0.15, 0.2) is 53.3 Å². The second-order valence-electron chi connectivity index (χ2n) is 5.09. The third kappa shape index (κ3) is 3.05. The van der Waals surface area contributed by atoms with Gasteiger partial charge >= 0.3 is 0 Å². The van der Waals surface area contributed by atoms with Crippen LogP contribution < -0.4 is 16.6 Å². The van der Waals surface area contributed by atoms with Crippen molar-refractivity contribution < 1.29 is 4.79 Å². The first kappa shape index (κ1) is 15.1. The quantitative estimate of drug-likeness (QED) is 0.688. The maximum absolute atomic E-state index is 12.2. The lowest BCUT2D eigenvalue weighted by molar-refractivity contribution is 0.100. The summed E-state index contributed by atoms with van der Waals surface area (Å²) in [6.07, 6.45) is 0. The molecule has 0 bridgehead atoms. The smallest absolute Gasteiger partial charge is 0.253 e. The van der Waals surface area contributed by atoms with Crippen molar-refractivity contribution in [2.24, 2.45) is 5.73 Å². The van der Waals surface area contributed by atoms with Gasteiger partial charge in [-0.2, -0.15) is 0 Å². The molecule has 6 heteroatoms. The third-order valence-electron chi connectivity index (χ3n) is 3.57. The Morgan fingerprint density at radius 2 is 1.96 bits per heavy atom. The summed E-state index contributed by atoms with van der Waals surface area (Å²) in [6, 6.07) is 14.1. The molecule has 5 nitrogen and oxygen atoms in total. The molecule has 2 aromatic carbocycles. The summed E-state index contributed by atoms with van der Waals surface area (Å²) < 4.78 is 0. The Kier molecular flexibility index (Phi) is 4.04. The van der Waals surface area contributed by atoms with E-state index in [9.17, 15) is 9.59 Å². The number of halogens is 1. The van der Waals surface area contributed by atoms with Gasteiger partial charge in [0.2, 0.25) is 0 Å². The molecule has 0 aliphatic heterocycles. The van der Waals surface area contributed by atoms with Gasteiger partial charge in [0.1, 0.15) is 0 Å². The molecule has 3 aromatic rings. The first-order chi connectivity index (χ1) is 11.1. The van der Waals surface area contributed by atoms with Crippen LogP contribution in [0.5, 0.6) is 0 Å². The average molecular weight is 328 g/mol. The van der Waals surface area contributed by atoms with Crippen LogP contribution in [0.25, 0.3) is 10.9 Å². The Hall–Kier alpha value is -2.79. The Morgan fingerprint density at radius 1 is 1.17 bits per heavy atom. The Bertz CT molecular complexity index is 950. The highest BCUT2D eigenvalue weighted by Gasteiger charge is 2.09. The lowest BCUT2D eigenvalue weighted by atomic mass is 10.1. The summed E-state index contributed by atoms with van der Waals surface area (Å²) in [5, 5.41) is 4.42. The predicted octanol–water partition coefficient (Wildman–Crippen LogP) is 2.89. The third-order valence-corrected chi connectivity index (χ3v) is 3.88. The fraction of sp³-hybridized carbons (Fsp3) is 0.0588. The molecule has 0 saturated carbocycles. The number of pyridine rings is 1. The molecule has 23 heavy (non-hydrogen) atoms. The molecule has 116 valence electrons. The van der Waals surface area contributed by atoms with Gasteiger partial charge in [-0.25, -0.2) is 0 Å². The number of rotatable bonds is 4. The molecule has 1 amide bonds. The second kappa shape index (κ2) is 6.14. The number of carbonyl (C=O) groups is 1. The summed E-state index contributed by atoms with van der Waals surface area (Å²) in [5.41, 5.74) is 7.24. The fourth-order valence-corrected chi connectivity index (χ4v) is 2.64. The van der Waals surface area contributed by atoms with E-state index in [1.807, 2.05) is 12.1 Å². The number of fused-ring (bicyclic) bond motifs is 1. The van der Waals surface area contributed by atoms with E-state index in [0.29, 0.717) is 27.4 Å². The molecule has 1 heterocycles. The number of aromatic nitrogens is 1. The van der Waals surface area contributed by atoms with Gasteiger partial charge in [0.05, 0.1) is 16.1 Å². The zero-order valence-electron chi connectivity index (χ0n) is 12.1. The summed E-state index contributed by atoms with van der Waals surface area (Å²) in [4.78, 5) is 26.4. The van der Waals surface area contributed by atoms with Crippen LogP contribution in [0.3, 0.4) is 0 Å². The number of primary amides is 1. The van der Waals surface area contributed by atoms with E-state index in [2.05, 4.69) is 10.3 Å². The first-order valence-electron chi connectivity index (χ1n) is 6.99. The Morgan fingerprint density at radius 3 is 2.74 bits per heavy atom. The van der Waals surface area contributed by atoms with Gasteiger partial charge in [0.15, 0.2) is 0 Å². The molecule has 4 N–H and O–H groups in total. The number of benzene rings is 2. The summed E-state index contributed by atoms with van der Waals surface area (Å²) in [6.45, 7) is 0.266.